The summed E-state index contributed by atoms with van der Waals surface area (Å²) in [6, 6.07) is 0. The summed E-state index contributed by atoms with van der Waals surface area (Å²) in [7, 11) is 0. The summed E-state index contributed by atoms with van der Waals surface area (Å²) in [5, 5.41) is 44.7. The molecule has 7 N–H and O–H groups in total. The second-order valence-electron chi connectivity index (χ2n) is 2.87. The number of aliphatic hydroxyl groups excluding tert-OH is 5. The van der Waals surface area contributed by atoms with Crippen molar-refractivity contribution in [1.82, 2.24) is 0 Å². The molecule has 0 aromatic carbocycles. The lowest BCUT2D eigenvalue weighted by molar-refractivity contribution is -0.153. The van der Waals surface area contributed by atoms with E-state index in [1.54, 1.807) is 0 Å². The van der Waals surface area contributed by atoms with E-state index in [9.17, 15) is 9.59 Å². The second-order valence-corrected chi connectivity index (χ2v) is 2.87. The minimum absolute atomic E-state index is 0.899. The maximum absolute atomic E-state index is 10.9. The van der Waals surface area contributed by atoms with Gasteiger partial charge in [0.05, 0.1) is 6.61 Å². The molecule has 0 aliphatic rings. The van der Waals surface area contributed by atoms with Crippen LogP contribution in [-0.2, 0) is 9.59 Å². The maximum atomic E-state index is 10.9. The Labute approximate surface area is 86.0 Å². The van der Waals surface area contributed by atoms with Gasteiger partial charge in [-0.1, -0.05) is 0 Å². The third-order valence-electron chi connectivity index (χ3n) is 1.75. The van der Waals surface area contributed by atoms with Crippen LogP contribution in [0.25, 0.3) is 0 Å². The molecule has 0 rings (SSSR count). The van der Waals surface area contributed by atoms with Gasteiger partial charge in [-0.15, -0.1) is 0 Å². The average Bonchev–Trinajstić information content (AvgIpc) is 2.32. The standard InChI is InChI=1S/C7H13NO7/c8-7(15)6(14)5(13)4(12)3(11)2(10)1-9/h2-5,9-13H,1H2,(H2,8,15)/t2-,3-,4+,5-/m1/s1/i/hD. The van der Waals surface area contributed by atoms with Crippen molar-refractivity contribution in [3.8, 4) is 0 Å². The third-order valence-corrected chi connectivity index (χ3v) is 1.75. The minimum Gasteiger partial charge on any atom is -0.394 e. The van der Waals surface area contributed by atoms with Gasteiger partial charge in [0, 0.05) is 0 Å². The van der Waals surface area contributed by atoms with Gasteiger partial charge in [-0.05, 0) is 0 Å². The summed E-state index contributed by atoms with van der Waals surface area (Å²) >= 11 is 0. The van der Waals surface area contributed by atoms with Gasteiger partial charge in [0.15, 0.2) is 7.52 Å². The smallest absolute Gasteiger partial charge is 0.287 e. The van der Waals surface area contributed by atoms with Gasteiger partial charge in [0.25, 0.3) is 11.7 Å². The lowest BCUT2D eigenvalue weighted by Crippen LogP contribution is -2.51. The van der Waals surface area contributed by atoms with Crippen LogP contribution in [0.3, 0.4) is 0 Å². The molecule has 0 heterocycles. The number of rotatable bonds is 6. The van der Waals surface area contributed by atoms with E-state index in [0.717, 1.165) is 0 Å². The zero-order chi connectivity index (χ0) is 12.9. The third kappa shape index (κ3) is 3.53. The fourth-order valence-corrected chi connectivity index (χ4v) is 0.812. The Morgan fingerprint density at radius 2 is 1.73 bits per heavy atom. The van der Waals surface area contributed by atoms with E-state index in [1.807, 2.05) is 0 Å². The second kappa shape index (κ2) is 5.73. The molecule has 0 bridgehead atoms. The van der Waals surface area contributed by atoms with Crippen molar-refractivity contribution < 1.29 is 36.5 Å². The van der Waals surface area contributed by atoms with Gasteiger partial charge in [-0.3, -0.25) is 9.59 Å². The van der Waals surface area contributed by atoms with Crippen molar-refractivity contribution in [2.24, 2.45) is 5.73 Å². The van der Waals surface area contributed by atoms with Crippen LogP contribution in [0.15, 0.2) is 0 Å². The number of ketones is 1. The highest BCUT2D eigenvalue weighted by Crippen LogP contribution is 2.05. The van der Waals surface area contributed by atoms with Crippen LogP contribution in [0.2, 0.25) is 1.41 Å². The summed E-state index contributed by atoms with van der Waals surface area (Å²) in [4.78, 5) is 21.5. The van der Waals surface area contributed by atoms with Crippen LogP contribution in [0.4, 0.5) is 0 Å². The molecule has 0 radical (unpaired) electrons. The highest BCUT2D eigenvalue weighted by atomic mass is 16.4. The van der Waals surface area contributed by atoms with Crippen LogP contribution in [0.1, 0.15) is 0 Å². The molecule has 4 atom stereocenters. The molecule has 0 aliphatic carbocycles. The molecule has 0 saturated carbocycles. The topological polar surface area (TPSA) is 161 Å². The van der Waals surface area contributed by atoms with Gasteiger partial charge in [-0.2, -0.15) is 0 Å². The summed E-state index contributed by atoms with van der Waals surface area (Å²) in [5.74, 6) is -3.01. The molecular formula is C7H13NO7. The zero-order valence-electron chi connectivity index (χ0n) is 8.57. The molecule has 0 aliphatic heterocycles. The molecule has 0 aromatic rings. The number of primary amides is 1. The van der Waals surface area contributed by atoms with Gasteiger partial charge < -0.3 is 31.3 Å². The quantitative estimate of drug-likeness (QED) is 0.247. The highest BCUT2D eigenvalue weighted by Gasteiger charge is 2.35. The lowest BCUT2D eigenvalue weighted by atomic mass is 10.0. The van der Waals surface area contributed by atoms with Gasteiger partial charge in [0.2, 0.25) is 0 Å². The van der Waals surface area contributed by atoms with E-state index >= 15 is 0 Å². The molecule has 0 saturated heterocycles. The number of carbonyl (C=O) groups excluding carboxylic acids is 2. The van der Waals surface area contributed by atoms with E-state index in [0.29, 0.717) is 0 Å². The van der Waals surface area contributed by atoms with Crippen molar-refractivity contribution in [1.29, 1.82) is 0 Å². The number of hydrogen-bond donors (Lipinski definition) is 6. The van der Waals surface area contributed by atoms with E-state index in [2.05, 4.69) is 0 Å². The lowest BCUT2D eigenvalue weighted by Gasteiger charge is -2.23. The molecule has 8 nitrogen and oxygen atoms in total. The van der Waals surface area contributed by atoms with E-state index in [-0.39, 0.29) is 0 Å². The molecule has 8 heteroatoms. The van der Waals surface area contributed by atoms with Gasteiger partial charge >= 0.3 is 0 Å². The Balaban J connectivity index is 4.54. The van der Waals surface area contributed by atoms with Crippen molar-refractivity contribution in [2.45, 2.75) is 24.4 Å². The van der Waals surface area contributed by atoms with Crippen LogP contribution in [0.5, 0.6) is 0 Å². The summed E-state index contributed by atoms with van der Waals surface area (Å²) in [6.45, 7) is -0.899. The minimum atomic E-state index is -2.29. The largest absolute Gasteiger partial charge is 0.394 e. The monoisotopic (exact) mass is 224 g/mol. The van der Waals surface area contributed by atoms with Crippen LogP contribution < -0.4 is 5.73 Å². The first-order valence-corrected chi connectivity index (χ1v) is 3.95. The van der Waals surface area contributed by atoms with E-state index in [1.165, 1.54) is 5.73 Å². The maximum Gasteiger partial charge on any atom is 0.287 e. The number of carbonyl (C=O) groups is 2. The molecule has 0 aromatic heterocycles. The molecule has 0 fully saturated rings. The molecule has 1 amide bonds. The first-order valence-electron chi connectivity index (χ1n) is 4.45. The predicted molar refractivity (Wildman–Crippen MR) is 45.3 cm³/mol. The molecular weight excluding hydrogens is 210 g/mol. The van der Waals surface area contributed by atoms with Crippen molar-refractivity contribution in [2.75, 3.05) is 6.61 Å². The Bertz CT molecular complexity index is 261. The fraction of sp³-hybridized carbons (Fsp3) is 0.714. The van der Waals surface area contributed by atoms with Gasteiger partial charge in [-0.25, -0.2) is 0 Å². The highest BCUT2D eigenvalue weighted by molar-refractivity contribution is 6.37. The van der Waals surface area contributed by atoms with Crippen molar-refractivity contribution >= 4 is 11.7 Å². The number of hydrogen-bond acceptors (Lipinski definition) is 7. The first-order chi connectivity index (χ1) is 7.36. The Hall–Kier alpha value is -1.06. The normalized spacial score (nSPS) is 19.7. The fourth-order valence-electron chi connectivity index (χ4n) is 0.812. The molecule has 0 unspecified atom stereocenters. The molecule has 0 spiro atoms. The summed E-state index contributed by atoms with van der Waals surface area (Å²) in [6.07, 6.45) is -8.20. The Morgan fingerprint density at radius 1 is 1.20 bits per heavy atom. The summed E-state index contributed by atoms with van der Waals surface area (Å²) in [5.41, 5.74) is 1.18. The molecule has 15 heavy (non-hydrogen) atoms. The van der Waals surface area contributed by atoms with Crippen molar-refractivity contribution in [3.05, 3.63) is 0 Å². The SMILES string of the molecule is [2H]NC(=O)C(=O)[C@H](O)[C@@H](O)[C@H](O)[C@H](O)CO. The number of nitrogens with two attached hydrogens (primary N) is 1. The van der Waals surface area contributed by atoms with E-state index < -0.39 is 42.7 Å². The van der Waals surface area contributed by atoms with Crippen LogP contribution >= 0.6 is 0 Å². The zero-order valence-corrected chi connectivity index (χ0v) is 7.57. The Morgan fingerprint density at radius 3 is 2.13 bits per heavy atom. The van der Waals surface area contributed by atoms with Gasteiger partial charge in [0.1, 0.15) is 18.3 Å². The van der Waals surface area contributed by atoms with Crippen molar-refractivity contribution in [3.63, 3.8) is 0 Å². The van der Waals surface area contributed by atoms with Crippen LogP contribution in [0, 0.1) is 0 Å². The van der Waals surface area contributed by atoms with E-state index in [4.69, 9.17) is 26.9 Å². The summed E-state index contributed by atoms with van der Waals surface area (Å²) < 4.78 is 6.34. The number of Topliss-reactive ketones (excluding diaryl/α,β-unsaturated/α-hetero) is 1. The average molecular weight is 224 g/mol. The predicted octanol–water partition coefficient (Wildman–Crippen LogP) is -4.52. The Kier molecular flexibility index (Phi) is 4.59. The number of amides is 1. The van der Waals surface area contributed by atoms with Crippen LogP contribution in [-0.4, -0.2) is 68.2 Å². The number of aliphatic hydroxyl groups is 5. The first kappa shape index (κ1) is 12.0. The molecule has 88 valence electrons.